The molecule has 0 radical (unpaired) electrons. The molecule has 206 valence electrons. The monoisotopic (exact) mass is 587 g/mol. The van der Waals surface area contributed by atoms with Crippen molar-refractivity contribution in [2.45, 2.75) is 54.5 Å². The Kier molecular flexibility index (Phi) is 7.64. The molecule has 0 atom stereocenters. The van der Waals surface area contributed by atoms with E-state index in [-0.39, 0.29) is 27.9 Å². The lowest BCUT2D eigenvalue weighted by atomic mass is 9.96. The van der Waals surface area contributed by atoms with E-state index >= 15 is 0 Å². The number of amides is 1. The van der Waals surface area contributed by atoms with Crippen LogP contribution in [-0.2, 0) is 26.4 Å². The maximum absolute atomic E-state index is 13.7. The lowest BCUT2D eigenvalue weighted by Crippen LogP contribution is -2.38. The summed E-state index contributed by atoms with van der Waals surface area (Å²) in [5, 5.41) is 0.366. The van der Waals surface area contributed by atoms with Crippen molar-refractivity contribution in [3.63, 3.8) is 0 Å². The normalized spacial score (nSPS) is 15.2. The molecular formula is C27H29N3O6S3. The van der Waals surface area contributed by atoms with Gasteiger partial charge in [-0.15, -0.1) is 0 Å². The number of furan rings is 1. The number of anilines is 1. The number of thiazole rings is 1. The molecule has 4 aromatic rings. The molecule has 2 heterocycles. The Morgan fingerprint density at radius 2 is 1.69 bits per heavy atom. The van der Waals surface area contributed by atoms with Crippen molar-refractivity contribution >= 4 is 52.5 Å². The molecule has 1 aliphatic rings. The molecule has 0 aliphatic heterocycles. The average molecular weight is 588 g/mol. The van der Waals surface area contributed by atoms with E-state index in [1.54, 1.807) is 31.3 Å². The molecule has 0 unspecified atom stereocenters. The topological polar surface area (TPSA) is 118 Å². The van der Waals surface area contributed by atoms with Gasteiger partial charge in [0.1, 0.15) is 5.76 Å². The van der Waals surface area contributed by atoms with E-state index in [4.69, 9.17) is 4.42 Å². The Bertz CT molecular complexity index is 1690. The number of benzene rings is 2. The van der Waals surface area contributed by atoms with Crippen molar-refractivity contribution in [2.24, 2.45) is 0 Å². The van der Waals surface area contributed by atoms with Crippen molar-refractivity contribution in [1.82, 2.24) is 9.29 Å². The summed E-state index contributed by atoms with van der Waals surface area (Å²) in [4.78, 5) is 20.0. The second-order valence-electron chi connectivity index (χ2n) is 9.71. The van der Waals surface area contributed by atoms with Crippen LogP contribution in [0.5, 0.6) is 0 Å². The lowest BCUT2D eigenvalue weighted by Gasteiger charge is -2.30. The highest BCUT2D eigenvalue weighted by Crippen LogP contribution is 2.33. The standard InChI is InChI=1S/C27H29N3O6S3/c1-29(20-7-4-3-5-8-20)39(34,35)22-12-10-19(11-13-22)26(31)30(18-21-9-6-16-36-21)27-28-24-15-14-23(38(2,32)33)17-25(24)37-27/h6,9-17,20H,3-5,7-8,18H2,1-2H3. The molecule has 39 heavy (non-hydrogen) atoms. The van der Waals surface area contributed by atoms with Crippen LogP contribution in [0.4, 0.5) is 5.13 Å². The second-order valence-corrected chi connectivity index (χ2v) is 14.7. The van der Waals surface area contributed by atoms with Crippen LogP contribution >= 0.6 is 11.3 Å². The van der Waals surface area contributed by atoms with Crippen LogP contribution in [0.3, 0.4) is 0 Å². The Morgan fingerprint density at radius 3 is 2.33 bits per heavy atom. The number of carbonyl (C=O) groups excluding carboxylic acids is 1. The van der Waals surface area contributed by atoms with Crippen molar-refractivity contribution in [2.75, 3.05) is 18.2 Å². The van der Waals surface area contributed by atoms with E-state index in [0.29, 0.717) is 21.1 Å². The first-order chi connectivity index (χ1) is 18.5. The first-order valence-corrected chi connectivity index (χ1v) is 16.7. The van der Waals surface area contributed by atoms with Crippen LogP contribution in [-0.4, -0.2) is 51.4 Å². The predicted molar refractivity (Wildman–Crippen MR) is 150 cm³/mol. The maximum Gasteiger partial charge on any atom is 0.260 e. The van der Waals surface area contributed by atoms with Crippen LogP contribution in [0.2, 0.25) is 0 Å². The third-order valence-corrected chi connectivity index (χ3v) is 11.1. The number of sulfonamides is 1. The Labute approximate surface area is 232 Å². The molecule has 5 rings (SSSR count). The first kappa shape index (κ1) is 27.5. The van der Waals surface area contributed by atoms with Crippen LogP contribution in [0.25, 0.3) is 10.2 Å². The molecular weight excluding hydrogens is 559 g/mol. The molecule has 2 aromatic heterocycles. The molecule has 2 aromatic carbocycles. The molecule has 0 bridgehead atoms. The van der Waals surface area contributed by atoms with Crippen LogP contribution in [0.1, 0.15) is 48.2 Å². The van der Waals surface area contributed by atoms with Gasteiger partial charge in [-0.3, -0.25) is 9.69 Å². The minimum atomic E-state index is -3.69. The van der Waals surface area contributed by atoms with Gasteiger partial charge < -0.3 is 4.42 Å². The summed E-state index contributed by atoms with van der Waals surface area (Å²) in [6.07, 6.45) is 7.51. The number of sulfone groups is 1. The first-order valence-electron chi connectivity index (χ1n) is 12.6. The van der Waals surface area contributed by atoms with Gasteiger partial charge in [0, 0.05) is 24.9 Å². The van der Waals surface area contributed by atoms with Gasteiger partial charge >= 0.3 is 0 Å². The Hall–Kier alpha value is -3.06. The lowest BCUT2D eigenvalue weighted by molar-refractivity contribution is 0.0983. The van der Waals surface area contributed by atoms with Gasteiger partial charge in [0.15, 0.2) is 15.0 Å². The molecule has 0 spiro atoms. The van der Waals surface area contributed by atoms with Crippen molar-refractivity contribution < 1.29 is 26.0 Å². The van der Waals surface area contributed by atoms with Gasteiger partial charge in [-0.2, -0.15) is 4.31 Å². The molecule has 1 aliphatic carbocycles. The molecule has 1 saturated carbocycles. The quantitative estimate of drug-likeness (QED) is 0.282. The van der Waals surface area contributed by atoms with Crippen LogP contribution in [0, 0.1) is 0 Å². The SMILES string of the molecule is CN(C1CCCCC1)S(=O)(=O)c1ccc(C(=O)N(Cc2ccco2)c2nc3ccc(S(C)(=O)=O)cc3s2)cc1. The number of hydrogen-bond donors (Lipinski definition) is 0. The highest BCUT2D eigenvalue weighted by molar-refractivity contribution is 7.90. The molecule has 0 saturated heterocycles. The summed E-state index contributed by atoms with van der Waals surface area (Å²) in [7, 11) is -5.48. The Balaban J connectivity index is 1.45. The zero-order valence-corrected chi connectivity index (χ0v) is 24.1. The number of carbonyl (C=O) groups is 1. The van der Waals surface area contributed by atoms with Gasteiger partial charge in [0.05, 0.1) is 32.8 Å². The third kappa shape index (κ3) is 5.79. The Morgan fingerprint density at radius 1 is 1.00 bits per heavy atom. The van der Waals surface area contributed by atoms with E-state index in [0.717, 1.165) is 38.4 Å². The summed E-state index contributed by atoms with van der Waals surface area (Å²) in [5.41, 5.74) is 0.851. The zero-order valence-electron chi connectivity index (χ0n) is 21.6. The number of fused-ring (bicyclic) bond motifs is 1. The third-order valence-electron chi connectivity index (χ3n) is 7.01. The molecule has 1 fully saturated rings. The van der Waals surface area contributed by atoms with Gasteiger partial charge in [0.2, 0.25) is 10.0 Å². The fourth-order valence-corrected chi connectivity index (χ4v) is 7.90. The van der Waals surface area contributed by atoms with Crippen LogP contribution < -0.4 is 4.90 Å². The minimum absolute atomic E-state index is 0.0175. The van der Waals surface area contributed by atoms with Crippen molar-refractivity contribution in [3.8, 4) is 0 Å². The van der Waals surface area contributed by atoms with Crippen molar-refractivity contribution in [1.29, 1.82) is 0 Å². The highest BCUT2D eigenvalue weighted by Gasteiger charge is 2.30. The average Bonchev–Trinajstić information content (AvgIpc) is 3.60. The number of rotatable bonds is 8. The van der Waals surface area contributed by atoms with E-state index in [1.165, 1.54) is 57.1 Å². The summed E-state index contributed by atoms with van der Waals surface area (Å²) < 4.78 is 58.1. The second kappa shape index (κ2) is 10.8. The van der Waals surface area contributed by atoms with E-state index in [9.17, 15) is 21.6 Å². The zero-order chi connectivity index (χ0) is 27.8. The van der Waals surface area contributed by atoms with E-state index < -0.39 is 25.8 Å². The molecule has 0 N–H and O–H groups in total. The van der Waals surface area contributed by atoms with E-state index in [1.807, 2.05) is 0 Å². The smallest absolute Gasteiger partial charge is 0.260 e. The van der Waals surface area contributed by atoms with Gasteiger partial charge in [-0.25, -0.2) is 21.8 Å². The fraction of sp³-hybridized carbons (Fsp3) is 0.333. The van der Waals surface area contributed by atoms with Crippen LogP contribution in [0.15, 0.2) is 75.1 Å². The molecule has 9 nitrogen and oxygen atoms in total. The highest BCUT2D eigenvalue weighted by atomic mass is 32.2. The minimum Gasteiger partial charge on any atom is -0.467 e. The van der Waals surface area contributed by atoms with Gasteiger partial charge in [0.25, 0.3) is 5.91 Å². The summed E-state index contributed by atoms with van der Waals surface area (Å²) in [6.45, 7) is 0.0923. The maximum atomic E-state index is 13.7. The largest absolute Gasteiger partial charge is 0.467 e. The molecule has 12 heteroatoms. The molecule has 1 amide bonds. The van der Waals surface area contributed by atoms with Gasteiger partial charge in [-0.1, -0.05) is 30.6 Å². The summed E-state index contributed by atoms with van der Waals surface area (Å²) in [5.74, 6) is 0.145. The van der Waals surface area contributed by atoms with Gasteiger partial charge in [-0.05, 0) is 67.4 Å². The number of hydrogen-bond acceptors (Lipinski definition) is 8. The van der Waals surface area contributed by atoms with Crippen molar-refractivity contribution in [3.05, 3.63) is 72.2 Å². The predicted octanol–water partition coefficient (Wildman–Crippen LogP) is 5.09. The number of nitrogens with zero attached hydrogens (tertiary/aromatic N) is 3. The fourth-order valence-electron chi connectivity index (χ4n) is 4.76. The summed E-state index contributed by atoms with van der Waals surface area (Å²) >= 11 is 1.19. The number of aromatic nitrogens is 1. The summed E-state index contributed by atoms with van der Waals surface area (Å²) in [6, 6.07) is 14.0. The van der Waals surface area contributed by atoms with E-state index in [2.05, 4.69) is 4.98 Å².